The Morgan fingerprint density at radius 2 is 1.79 bits per heavy atom. The summed E-state index contributed by atoms with van der Waals surface area (Å²) in [4.78, 5) is 24.4. The zero-order valence-corrected chi connectivity index (χ0v) is 16.2. The molecule has 1 aliphatic rings. The van der Waals surface area contributed by atoms with Crippen LogP contribution in [0.1, 0.15) is 18.7 Å². The molecule has 8 nitrogen and oxygen atoms in total. The lowest BCUT2D eigenvalue weighted by molar-refractivity contribution is 0.247. The number of hydrogen-bond donors (Lipinski definition) is 2. The van der Waals surface area contributed by atoms with Gasteiger partial charge in [-0.15, -0.1) is 0 Å². The molecule has 29 heavy (non-hydrogen) atoms. The number of anilines is 1. The second-order valence-electron chi connectivity index (χ2n) is 7.04. The molecule has 1 aliphatic heterocycles. The third-order valence-corrected chi connectivity index (χ3v) is 4.93. The molecule has 0 saturated heterocycles. The van der Waals surface area contributed by atoms with Gasteiger partial charge in [0, 0.05) is 31.7 Å². The van der Waals surface area contributed by atoms with Crippen LogP contribution in [-0.2, 0) is 20.0 Å². The van der Waals surface area contributed by atoms with Crippen LogP contribution in [0.2, 0.25) is 0 Å². The third-order valence-electron chi connectivity index (χ3n) is 4.93. The zero-order valence-electron chi connectivity index (χ0n) is 16.2. The second-order valence-corrected chi connectivity index (χ2v) is 7.04. The Hall–Kier alpha value is -3.55. The number of rotatable bonds is 4. The molecule has 0 saturated carbocycles. The lowest BCUT2D eigenvalue weighted by Crippen LogP contribution is -2.38. The molecule has 0 aliphatic carbocycles. The Bertz CT molecular complexity index is 1040. The topological polar surface area (TPSA) is 90.2 Å². The van der Waals surface area contributed by atoms with Gasteiger partial charge >= 0.3 is 11.7 Å². The van der Waals surface area contributed by atoms with E-state index >= 15 is 0 Å². The maximum atomic E-state index is 12.4. The van der Waals surface area contributed by atoms with Gasteiger partial charge in [0.05, 0.1) is 0 Å². The fourth-order valence-corrected chi connectivity index (χ4v) is 3.43. The van der Waals surface area contributed by atoms with E-state index in [1.165, 1.54) is 4.68 Å². The van der Waals surface area contributed by atoms with Crippen molar-refractivity contribution in [3.05, 3.63) is 70.9 Å². The Kier molecular flexibility index (Phi) is 5.33. The highest BCUT2D eigenvalue weighted by Crippen LogP contribution is 2.22. The van der Waals surface area contributed by atoms with Gasteiger partial charge in [0.2, 0.25) is 0 Å². The maximum Gasteiger partial charge on any atom is 0.345 e. The standard InChI is InChI=1S/C21H23N5O3/c1-25-21(28)26-14-13-16(9-12-19(26)24-25)23-20(27)22-15-7-10-18(11-8-15)29-17-5-3-2-4-6-17/h2-8,10-11,16H,9,12-14H2,1H3,(H2,22,23,27). The molecule has 1 aromatic heterocycles. The highest BCUT2D eigenvalue weighted by molar-refractivity contribution is 5.89. The van der Waals surface area contributed by atoms with Gasteiger partial charge in [-0.3, -0.25) is 4.57 Å². The first-order chi connectivity index (χ1) is 14.1. The number of aryl methyl sites for hydroxylation is 2. The molecule has 4 rings (SSSR count). The molecule has 150 valence electrons. The van der Waals surface area contributed by atoms with Crippen LogP contribution in [0.15, 0.2) is 59.4 Å². The Labute approximate surface area is 168 Å². The number of benzene rings is 2. The van der Waals surface area contributed by atoms with E-state index in [2.05, 4.69) is 15.7 Å². The molecule has 2 aromatic carbocycles. The SMILES string of the molecule is Cn1nc2n(c1=O)CCC(NC(=O)Nc1ccc(Oc3ccccc3)cc1)CC2. The highest BCUT2D eigenvalue weighted by atomic mass is 16.5. The largest absolute Gasteiger partial charge is 0.457 e. The van der Waals surface area contributed by atoms with Gasteiger partial charge < -0.3 is 15.4 Å². The molecule has 8 heteroatoms. The normalized spacial score (nSPS) is 15.8. The smallest absolute Gasteiger partial charge is 0.345 e. The summed E-state index contributed by atoms with van der Waals surface area (Å²) >= 11 is 0. The van der Waals surface area contributed by atoms with Crippen LogP contribution in [0.25, 0.3) is 0 Å². The van der Waals surface area contributed by atoms with E-state index in [1.54, 1.807) is 23.7 Å². The van der Waals surface area contributed by atoms with Gasteiger partial charge in [-0.05, 0) is 49.2 Å². The molecule has 2 N–H and O–H groups in total. The third kappa shape index (κ3) is 4.48. The van der Waals surface area contributed by atoms with Crippen molar-refractivity contribution in [2.24, 2.45) is 7.05 Å². The van der Waals surface area contributed by atoms with Crippen LogP contribution in [-0.4, -0.2) is 26.4 Å². The molecule has 2 amide bonds. The van der Waals surface area contributed by atoms with Crippen molar-refractivity contribution in [3.8, 4) is 11.5 Å². The van der Waals surface area contributed by atoms with Crippen molar-refractivity contribution in [1.82, 2.24) is 19.7 Å². The van der Waals surface area contributed by atoms with E-state index in [0.29, 0.717) is 30.8 Å². The number of amides is 2. The first-order valence-electron chi connectivity index (χ1n) is 9.62. The number of hydrogen-bond acceptors (Lipinski definition) is 4. The summed E-state index contributed by atoms with van der Waals surface area (Å²) < 4.78 is 8.80. The van der Waals surface area contributed by atoms with Crippen molar-refractivity contribution in [3.63, 3.8) is 0 Å². The van der Waals surface area contributed by atoms with E-state index in [9.17, 15) is 9.59 Å². The predicted molar refractivity (Wildman–Crippen MR) is 109 cm³/mol. The summed E-state index contributed by atoms with van der Waals surface area (Å²) in [5, 5.41) is 10.1. The Morgan fingerprint density at radius 1 is 1.07 bits per heavy atom. The van der Waals surface area contributed by atoms with E-state index in [4.69, 9.17) is 4.74 Å². The number of carbonyl (C=O) groups excluding carboxylic acids is 1. The highest BCUT2D eigenvalue weighted by Gasteiger charge is 2.21. The molecule has 0 bridgehead atoms. The molecule has 1 unspecified atom stereocenters. The van der Waals surface area contributed by atoms with Crippen LogP contribution >= 0.6 is 0 Å². The van der Waals surface area contributed by atoms with E-state index in [-0.39, 0.29) is 17.8 Å². The summed E-state index contributed by atoms with van der Waals surface area (Å²) in [5.74, 6) is 2.23. The zero-order chi connectivity index (χ0) is 20.2. The molecular weight excluding hydrogens is 370 g/mol. The Balaban J connectivity index is 1.30. The van der Waals surface area contributed by atoms with Gasteiger partial charge in [-0.25, -0.2) is 14.3 Å². The number of carbonyl (C=O) groups is 1. The Morgan fingerprint density at radius 3 is 2.55 bits per heavy atom. The van der Waals surface area contributed by atoms with Gasteiger partial charge in [-0.2, -0.15) is 5.10 Å². The van der Waals surface area contributed by atoms with Gasteiger partial charge in [-0.1, -0.05) is 18.2 Å². The molecule has 0 fully saturated rings. The quantitative estimate of drug-likeness (QED) is 0.713. The van der Waals surface area contributed by atoms with Crippen LogP contribution < -0.4 is 21.1 Å². The number of fused-ring (bicyclic) bond motifs is 1. The van der Waals surface area contributed by atoms with Crippen molar-refractivity contribution in [2.75, 3.05) is 5.32 Å². The summed E-state index contributed by atoms with van der Waals surface area (Å²) in [6, 6.07) is 16.5. The molecule has 2 heterocycles. The van der Waals surface area contributed by atoms with Crippen molar-refractivity contribution >= 4 is 11.7 Å². The lowest BCUT2D eigenvalue weighted by Gasteiger charge is -2.16. The van der Waals surface area contributed by atoms with Crippen molar-refractivity contribution < 1.29 is 9.53 Å². The monoisotopic (exact) mass is 393 g/mol. The number of nitrogens with zero attached hydrogens (tertiary/aromatic N) is 3. The first kappa shape index (κ1) is 18.8. The maximum absolute atomic E-state index is 12.4. The predicted octanol–water partition coefficient (Wildman–Crippen LogP) is 2.90. The fourth-order valence-electron chi connectivity index (χ4n) is 3.43. The summed E-state index contributed by atoms with van der Waals surface area (Å²) in [7, 11) is 1.66. The van der Waals surface area contributed by atoms with E-state index in [0.717, 1.165) is 18.0 Å². The van der Waals surface area contributed by atoms with Crippen LogP contribution in [0.3, 0.4) is 0 Å². The molecule has 0 spiro atoms. The van der Waals surface area contributed by atoms with E-state index < -0.39 is 0 Å². The minimum atomic E-state index is -0.265. The van der Waals surface area contributed by atoms with Crippen molar-refractivity contribution in [2.45, 2.75) is 31.8 Å². The van der Waals surface area contributed by atoms with E-state index in [1.807, 2.05) is 42.5 Å². The number of nitrogens with one attached hydrogen (secondary N) is 2. The van der Waals surface area contributed by atoms with Gasteiger partial charge in [0.15, 0.2) is 0 Å². The second kappa shape index (κ2) is 8.22. The fraction of sp³-hybridized carbons (Fsp3) is 0.286. The first-order valence-corrected chi connectivity index (χ1v) is 9.62. The number of urea groups is 1. The minimum Gasteiger partial charge on any atom is -0.457 e. The number of ether oxygens (including phenoxy) is 1. The molecule has 1 atom stereocenters. The van der Waals surface area contributed by atoms with Crippen molar-refractivity contribution in [1.29, 1.82) is 0 Å². The summed E-state index contributed by atoms with van der Waals surface area (Å²) in [5.41, 5.74) is 0.571. The average Bonchev–Trinajstić information content (AvgIpc) is 2.87. The average molecular weight is 393 g/mol. The molecular formula is C21H23N5O3. The molecule has 3 aromatic rings. The van der Waals surface area contributed by atoms with Gasteiger partial charge in [0.1, 0.15) is 17.3 Å². The summed E-state index contributed by atoms with van der Waals surface area (Å²) in [6.45, 7) is 0.554. The van der Waals surface area contributed by atoms with Crippen LogP contribution in [0.4, 0.5) is 10.5 Å². The van der Waals surface area contributed by atoms with Gasteiger partial charge in [0.25, 0.3) is 0 Å². The summed E-state index contributed by atoms with van der Waals surface area (Å²) in [6.07, 6.45) is 2.09. The minimum absolute atomic E-state index is 0.0120. The van der Waals surface area contributed by atoms with Crippen LogP contribution in [0.5, 0.6) is 11.5 Å². The van der Waals surface area contributed by atoms with Crippen LogP contribution in [0, 0.1) is 0 Å². The number of aromatic nitrogens is 3. The number of para-hydroxylation sites is 1. The lowest BCUT2D eigenvalue weighted by atomic mass is 10.1. The molecule has 0 radical (unpaired) electrons.